The zero-order valence-electron chi connectivity index (χ0n) is 12.2. The van der Waals surface area contributed by atoms with Gasteiger partial charge in [-0.15, -0.1) is 0 Å². The summed E-state index contributed by atoms with van der Waals surface area (Å²) in [6, 6.07) is 0. The summed E-state index contributed by atoms with van der Waals surface area (Å²) in [6.07, 6.45) is 2.58. The van der Waals surface area contributed by atoms with E-state index in [4.69, 9.17) is 9.15 Å². The first kappa shape index (κ1) is 15.2. The van der Waals surface area contributed by atoms with E-state index in [1.165, 1.54) is 0 Å². The van der Waals surface area contributed by atoms with E-state index in [0.29, 0.717) is 12.5 Å². The molecule has 0 saturated carbocycles. The normalized spacial score (nSPS) is 12.3. The van der Waals surface area contributed by atoms with Crippen molar-refractivity contribution in [3.05, 3.63) is 17.8 Å². The summed E-state index contributed by atoms with van der Waals surface area (Å²) in [5.74, 6) is 2.24. The Morgan fingerprint density at radius 1 is 1.39 bits per heavy atom. The maximum absolute atomic E-state index is 5.64. The third-order valence-electron chi connectivity index (χ3n) is 2.32. The summed E-state index contributed by atoms with van der Waals surface area (Å²) in [5.41, 5.74) is -0.147. The first-order valence-corrected chi connectivity index (χ1v) is 6.65. The Kier molecular flexibility index (Phi) is 5.82. The lowest BCUT2D eigenvalue weighted by atomic mass is 10.2. The second-order valence-corrected chi connectivity index (χ2v) is 5.97. The van der Waals surface area contributed by atoms with Gasteiger partial charge in [-0.1, -0.05) is 13.8 Å². The maximum atomic E-state index is 5.64. The predicted octanol–water partition coefficient (Wildman–Crippen LogP) is 2.78. The average molecular weight is 254 g/mol. The lowest BCUT2D eigenvalue weighted by molar-refractivity contribution is -0.0227. The van der Waals surface area contributed by atoms with E-state index in [1.807, 2.05) is 20.8 Å². The van der Waals surface area contributed by atoms with Crippen molar-refractivity contribution in [2.24, 2.45) is 5.92 Å². The second-order valence-electron chi connectivity index (χ2n) is 5.97. The molecule has 0 unspecified atom stereocenters. The van der Waals surface area contributed by atoms with Gasteiger partial charge in [0, 0.05) is 13.0 Å². The number of nitrogens with one attached hydrogen (secondary N) is 1. The van der Waals surface area contributed by atoms with Crippen molar-refractivity contribution in [2.45, 2.75) is 53.2 Å². The van der Waals surface area contributed by atoms with Gasteiger partial charge in [0.15, 0.2) is 5.89 Å². The van der Waals surface area contributed by atoms with Crippen molar-refractivity contribution < 1.29 is 9.15 Å². The number of aromatic nitrogens is 1. The lowest BCUT2D eigenvalue weighted by Crippen LogP contribution is -2.22. The molecule has 0 saturated heterocycles. The van der Waals surface area contributed by atoms with E-state index in [-0.39, 0.29) is 5.60 Å². The third kappa shape index (κ3) is 6.77. The molecule has 0 aromatic carbocycles. The van der Waals surface area contributed by atoms with Crippen molar-refractivity contribution in [1.82, 2.24) is 10.3 Å². The van der Waals surface area contributed by atoms with Crippen LogP contribution in [-0.4, -0.2) is 23.7 Å². The lowest BCUT2D eigenvalue weighted by Gasteiger charge is -2.18. The summed E-state index contributed by atoms with van der Waals surface area (Å²) >= 11 is 0. The van der Waals surface area contributed by atoms with E-state index >= 15 is 0 Å². The Balaban J connectivity index is 2.26. The standard InChI is InChI=1S/C14H26N2O2/c1-11(2)8-15-7-6-13-16-9-12(18-13)10-17-14(3,4)5/h9,11,15H,6-8,10H2,1-5H3. The van der Waals surface area contributed by atoms with Gasteiger partial charge in [-0.3, -0.25) is 0 Å². The minimum absolute atomic E-state index is 0.147. The summed E-state index contributed by atoms with van der Waals surface area (Å²) in [7, 11) is 0. The van der Waals surface area contributed by atoms with Crippen LogP contribution in [0.1, 0.15) is 46.3 Å². The quantitative estimate of drug-likeness (QED) is 0.760. The highest BCUT2D eigenvalue weighted by Crippen LogP contribution is 2.12. The van der Waals surface area contributed by atoms with E-state index in [1.54, 1.807) is 6.20 Å². The maximum Gasteiger partial charge on any atom is 0.195 e. The Labute approximate surface area is 110 Å². The molecule has 1 N–H and O–H groups in total. The molecular formula is C14H26N2O2. The van der Waals surface area contributed by atoms with Gasteiger partial charge in [-0.2, -0.15) is 0 Å². The Morgan fingerprint density at radius 3 is 2.72 bits per heavy atom. The molecule has 0 bridgehead atoms. The summed E-state index contributed by atoms with van der Waals surface area (Å²) < 4.78 is 11.2. The van der Waals surface area contributed by atoms with Gasteiger partial charge in [0.25, 0.3) is 0 Å². The second kappa shape index (κ2) is 6.90. The third-order valence-corrected chi connectivity index (χ3v) is 2.32. The Morgan fingerprint density at radius 2 is 2.11 bits per heavy atom. The Bertz CT molecular complexity index is 340. The number of hydrogen-bond acceptors (Lipinski definition) is 4. The van der Waals surface area contributed by atoms with E-state index in [2.05, 4.69) is 24.1 Å². The molecule has 4 nitrogen and oxygen atoms in total. The molecule has 0 aliphatic heterocycles. The van der Waals surface area contributed by atoms with Crippen molar-refractivity contribution in [3.8, 4) is 0 Å². The molecule has 1 aromatic rings. The first-order chi connectivity index (χ1) is 8.37. The topological polar surface area (TPSA) is 47.3 Å². The molecule has 0 fully saturated rings. The molecule has 1 rings (SSSR count). The molecule has 4 heteroatoms. The summed E-state index contributed by atoms with van der Waals surface area (Å²) in [5, 5.41) is 3.37. The number of oxazole rings is 1. The molecule has 0 radical (unpaired) electrons. The van der Waals surface area contributed by atoms with Crippen LogP contribution in [0.2, 0.25) is 0 Å². The monoisotopic (exact) mass is 254 g/mol. The molecule has 0 amide bonds. The van der Waals surface area contributed by atoms with Crippen LogP contribution in [0.15, 0.2) is 10.6 Å². The molecule has 0 aliphatic rings. The van der Waals surface area contributed by atoms with Crippen LogP contribution in [0.4, 0.5) is 0 Å². The van der Waals surface area contributed by atoms with Crippen LogP contribution in [0.3, 0.4) is 0 Å². The molecular weight excluding hydrogens is 228 g/mol. The minimum atomic E-state index is -0.147. The molecule has 0 atom stereocenters. The molecule has 1 heterocycles. The van der Waals surface area contributed by atoms with Gasteiger partial charge in [-0.05, 0) is 33.2 Å². The van der Waals surface area contributed by atoms with Gasteiger partial charge in [0.1, 0.15) is 12.4 Å². The van der Waals surface area contributed by atoms with Crippen molar-refractivity contribution in [2.75, 3.05) is 13.1 Å². The fourth-order valence-electron chi connectivity index (χ4n) is 1.40. The molecule has 18 heavy (non-hydrogen) atoms. The number of nitrogens with zero attached hydrogens (tertiary/aromatic N) is 1. The zero-order valence-corrected chi connectivity index (χ0v) is 12.2. The molecule has 0 aliphatic carbocycles. The molecule has 104 valence electrons. The smallest absolute Gasteiger partial charge is 0.195 e. The molecule has 0 spiro atoms. The SMILES string of the molecule is CC(C)CNCCc1ncc(COC(C)(C)C)o1. The van der Waals surface area contributed by atoms with Crippen molar-refractivity contribution in [1.29, 1.82) is 0 Å². The van der Waals surface area contributed by atoms with E-state index < -0.39 is 0 Å². The van der Waals surface area contributed by atoms with Crippen molar-refractivity contribution in [3.63, 3.8) is 0 Å². The van der Waals surface area contributed by atoms with Crippen LogP contribution >= 0.6 is 0 Å². The molecule has 1 aromatic heterocycles. The minimum Gasteiger partial charge on any atom is -0.443 e. The van der Waals surface area contributed by atoms with Crippen LogP contribution in [0.25, 0.3) is 0 Å². The summed E-state index contributed by atoms with van der Waals surface area (Å²) in [4.78, 5) is 4.25. The largest absolute Gasteiger partial charge is 0.443 e. The van der Waals surface area contributed by atoms with Gasteiger partial charge in [0.2, 0.25) is 0 Å². The highest BCUT2D eigenvalue weighted by Gasteiger charge is 2.12. The number of hydrogen-bond donors (Lipinski definition) is 1. The van der Waals surface area contributed by atoms with Gasteiger partial charge in [0.05, 0.1) is 11.8 Å². The van der Waals surface area contributed by atoms with E-state index in [9.17, 15) is 0 Å². The van der Waals surface area contributed by atoms with E-state index in [0.717, 1.165) is 31.2 Å². The fraction of sp³-hybridized carbons (Fsp3) is 0.786. The van der Waals surface area contributed by atoms with Crippen molar-refractivity contribution >= 4 is 0 Å². The van der Waals surface area contributed by atoms with Crippen LogP contribution < -0.4 is 5.32 Å². The van der Waals surface area contributed by atoms with Gasteiger partial charge < -0.3 is 14.5 Å². The number of ether oxygens (including phenoxy) is 1. The fourth-order valence-corrected chi connectivity index (χ4v) is 1.40. The van der Waals surface area contributed by atoms with Crippen LogP contribution in [0, 0.1) is 5.92 Å². The zero-order chi connectivity index (χ0) is 13.6. The summed E-state index contributed by atoms with van der Waals surface area (Å²) in [6.45, 7) is 12.9. The van der Waals surface area contributed by atoms with Crippen LogP contribution in [0.5, 0.6) is 0 Å². The highest BCUT2D eigenvalue weighted by atomic mass is 16.5. The first-order valence-electron chi connectivity index (χ1n) is 6.65. The number of rotatable bonds is 7. The van der Waals surface area contributed by atoms with Gasteiger partial charge >= 0.3 is 0 Å². The Hall–Kier alpha value is -0.870. The van der Waals surface area contributed by atoms with Gasteiger partial charge in [-0.25, -0.2) is 4.98 Å². The average Bonchev–Trinajstić information content (AvgIpc) is 2.68. The highest BCUT2D eigenvalue weighted by molar-refractivity contribution is 4.93. The predicted molar refractivity (Wildman–Crippen MR) is 72.5 cm³/mol. The van der Waals surface area contributed by atoms with Crippen LogP contribution in [-0.2, 0) is 17.8 Å².